The summed E-state index contributed by atoms with van der Waals surface area (Å²) in [5.74, 6) is 2.33. The van der Waals surface area contributed by atoms with E-state index in [-0.39, 0.29) is 23.9 Å². The standard InChI is InChI=1S/C34H44N8O4/c1-23-22-46-21-18-42(23)33-38-30(37-31(39-33)25-14-19-45-20-15-25)24-4-8-27(9-5-24)35-34(44)36-28-10-6-26(7-11-28)32(43)41-16-12-29(13-17-41)40(2)3/h4-11,23,25,29H,12-22H2,1-3H3,(H2,35,36,44). The third kappa shape index (κ3) is 7.63. The molecule has 3 aromatic rings. The molecule has 12 heteroatoms. The third-order valence-corrected chi connectivity index (χ3v) is 9.12. The SMILES string of the molecule is CC1COCCN1c1nc(-c2ccc(NC(=O)Nc3ccc(C(=O)N4CCC(N(C)C)CC4)cc3)cc2)nc(C2CCOCC2)n1. The van der Waals surface area contributed by atoms with E-state index in [2.05, 4.69) is 41.5 Å². The van der Waals surface area contributed by atoms with Crippen molar-refractivity contribution in [3.05, 3.63) is 59.9 Å². The second-order valence-electron chi connectivity index (χ2n) is 12.5. The molecule has 1 atom stereocenters. The van der Waals surface area contributed by atoms with Crippen molar-refractivity contribution in [2.45, 2.75) is 50.6 Å². The Labute approximate surface area is 270 Å². The highest BCUT2D eigenvalue weighted by atomic mass is 16.5. The number of likely N-dealkylation sites (tertiary alicyclic amines) is 1. The zero-order valence-corrected chi connectivity index (χ0v) is 26.9. The van der Waals surface area contributed by atoms with Crippen molar-refractivity contribution in [2.75, 3.05) is 75.7 Å². The fourth-order valence-corrected chi connectivity index (χ4v) is 6.26. The molecule has 0 saturated carbocycles. The average molecular weight is 629 g/mol. The molecule has 12 nitrogen and oxygen atoms in total. The van der Waals surface area contributed by atoms with Gasteiger partial charge in [0.2, 0.25) is 5.95 Å². The number of urea groups is 1. The summed E-state index contributed by atoms with van der Waals surface area (Å²) in [6, 6.07) is 14.8. The van der Waals surface area contributed by atoms with Crippen molar-refractivity contribution in [3.63, 3.8) is 0 Å². The first kappa shape index (κ1) is 31.8. The van der Waals surface area contributed by atoms with Crippen LogP contribution in [-0.2, 0) is 9.47 Å². The number of carbonyl (C=O) groups excluding carboxylic acids is 2. The number of rotatable bonds is 7. The number of amides is 3. The Kier molecular flexibility index (Phi) is 10.1. The Balaban J connectivity index is 1.09. The van der Waals surface area contributed by atoms with Gasteiger partial charge in [-0.05, 0) is 95.2 Å². The number of hydrogen-bond acceptors (Lipinski definition) is 9. The number of anilines is 3. The van der Waals surface area contributed by atoms with Crippen LogP contribution < -0.4 is 15.5 Å². The molecule has 2 aromatic carbocycles. The second kappa shape index (κ2) is 14.5. The lowest BCUT2D eigenvalue weighted by atomic mass is 9.99. The molecule has 3 saturated heterocycles. The molecule has 1 aromatic heterocycles. The van der Waals surface area contributed by atoms with E-state index >= 15 is 0 Å². The van der Waals surface area contributed by atoms with E-state index in [1.807, 2.05) is 29.2 Å². The van der Waals surface area contributed by atoms with E-state index in [0.29, 0.717) is 61.2 Å². The summed E-state index contributed by atoms with van der Waals surface area (Å²) in [5.41, 5.74) is 2.70. The maximum absolute atomic E-state index is 13.0. The summed E-state index contributed by atoms with van der Waals surface area (Å²) in [6.45, 7) is 7.03. The summed E-state index contributed by atoms with van der Waals surface area (Å²) in [7, 11) is 4.17. The fraction of sp³-hybridized carbons (Fsp3) is 0.500. The molecule has 3 aliphatic heterocycles. The molecular weight excluding hydrogens is 584 g/mol. The number of hydrogen-bond donors (Lipinski definition) is 2. The van der Waals surface area contributed by atoms with Crippen LogP contribution in [0.5, 0.6) is 0 Å². The van der Waals surface area contributed by atoms with Gasteiger partial charge in [0, 0.05) is 67.3 Å². The normalized spacial score (nSPS) is 19.7. The molecule has 2 N–H and O–H groups in total. The van der Waals surface area contributed by atoms with Gasteiger partial charge in [0.25, 0.3) is 5.91 Å². The van der Waals surface area contributed by atoms with Gasteiger partial charge in [-0.2, -0.15) is 9.97 Å². The van der Waals surface area contributed by atoms with Gasteiger partial charge in [-0.3, -0.25) is 4.79 Å². The van der Waals surface area contributed by atoms with E-state index in [1.54, 1.807) is 24.3 Å². The number of ether oxygens (including phenoxy) is 2. The summed E-state index contributed by atoms with van der Waals surface area (Å²) in [6.07, 6.45) is 3.71. The van der Waals surface area contributed by atoms with Crippen LogP contribution in [0, 0.1) is 0 Å². The van der Waals surface area contributed by atoms with E-state index < -0.39 is 0 Å². The zero-order valence-electron chi connectivity index (χ0n) is 26.9. The zero-order chi connectivity index (χ0) is 32.0. The lowest BCUT2D eigenvalue weighted by Crippen LogP contribution is -2.44. The van der Waals surface area contributed by atoms with Crippen LogP contribution in [0.4, 0.5) is 22.1 Å². The molecule has 4 heterocycles. The van der Waals surface area contributed by atoms with Gasteiger partial charge in [0.05, 0.1) is 19.3 Å². The van der Waals surface area contributed by atoms with Crippen molar-refractivity contribution in [2.24, 2.45) is 0 Å². The number of benzene rings is 2. The van der Waals surface area contributed by atoms with Gasteiger partial charge >= 0.3 is 6.03 Å². The Hall–Kier alpha value is -4.13. The van der Waals surface area contributed by atoms with Crippen LogP contribution in [0.15, 0.2) is 48.5 Å². The highest BCUT2D eigenvalue weighted by molar-refractivity contribution is 6.00. The molecule has 244 valence electrons. The molecule has 3 amide bonds. The van der Waals surface area contributed by atoms with E-state index in [0.717, 1.165) is 56.7 Å². The van der Waals surface area contributed by atoms with Gasteiger partial charge in [0.15, 0.2) is 5.82 Å². The predicted molar refractivity (Wildman–Crippen MR) is 177 cm³/mol. The monoisotopic (exact) mass is 628 g/mol. The van der Waals surface area contributed by atoms with Crippen molar-refractivity contribution >= 4 is 29.3 Å². The predicted octanol–water partition coefficient (Wildman–Crippen LogP) is 4.47. The molecule has 3 aliphatic rings. The minimum atomic E-state index is -0.372. The number of aromatic nitrogens is 3. The molecule has 0 radical (unpaired) electrons. The number of morpholine rings is 1. The molecule has 0 spiro atoms. The largest absolute Gasteiger partial charge is 0.381 e. The van der Waals surface area contributed by atoms with Crippen LogP contribution >= 0.6 is 0 Å². The summed E-state index contributed by atoms with van der Waals surface area (Å²) in [4.78, 5) is 46.8. The van der Waals surface area contributed by atoms with Gasteiger partial charge in [0.1, 0.15) is 5.82 Å². The van der Waals surface area contributed by atoms with Crippen molar-refractivity contribution < 1.29 is 19.1 Å². The number of carbonyl (C=O) groups is 2. The quantitative estimate of drug-likeness (QED) is 0.390. The Morgan fingerprint density at radius 2 is 1.46 bits per heavy atom. The highest BCUT2D eigenvalue weighted by Crippen LogP contribution is 2.29. The van der Waals surface area contributed by atoms with Crippen molar-refractivity contribution in [3.8, 4) is 11.4 Å². The maximum atomic E-state index is 13.0. The van der Waals surface area contributed by atoms with E-state index in [9.17, 15) is 9.59 Å². The van der Waals surface area contributed by atoms with Crippen LogP contribution in [0.3, 0.4) is 0 Å². The van der Waals surface area contributed by atoms with E-state index in [4.69, 9.17) is 24.4 Å². The van der Waals surface area contributed by atoms with Crippen molar-refractivity contribution in [1.82, 2.24) is 24.8 Å². The number of nitrogens with one attached hydrogen (secondary N) is 2. The topological polar surface area (TPSA) is 125 Å². The second-order valence-corrected chi connectivity index (χ2v) is 12.5. The molecule has 1 unspecified atom stereocenters. The molecule has 3 fully saturated rings. The minimum absolute atomic E-state index is 0.0259. The minimum Gasteiger partial charge on any atom is -0.381 e. The van der Waals surface area contributed by atoms with Crippen LogP contribution in [-0.4, -0.2) is 109 Å². The Morgan fingerprint density at radius 3 is 2.09 bits per heavy atom. The Bertz CT molecular complexity index is 1490. The lowest BCUT2D eigenvalue weighted by molar-refractivity contribution is 0.0663. The maximum Gasteiger partial charge on any atom is 0.323 e. The summed E-state index contributed by atoms with van der Waals surface area (Å²) < 4.78 is 11.2. The number of nitrogens with zero attached hydrogens (tertiary/aromatic N) is 6. The van der Waals surface area contributed by atoms with Crippen LogP contribution in [0.1, 0.15) is 54.7 Å². The first-order valence-corrected chi connectivity index (χ1v) is 16.3. The summed E-state index contributed by atoms with van der Waals surface area (Å²) >= 11 is 0. The highest BCUT2D eigenvalue weighted by Gasteiger charge is 2.27. The average Bonchev–Trinajstić information content (AvgIpc) is 3.09. The molecule has 6 rings (SSSR count). The van der Waals surface area contributed by atoms with Crippen LogP contribution in [0.2, 0.25) is 0 Å². The van der Waals surface area contributed by atoms with Gasteiger partial charge in [-0.1, -0.05) is 0 Å². The van der Waals surface area contributed by atoms with Gasteiger partial charge in [-0.25, -0.2) is 9.78 Å². The first-order valence-electron chi connectivity index (χ1n) is 16.3. The van der Waals surface area contributed by atoms with Gasteiger partial charge in [-0.15, -0.1) is 0 Å². The third-order valence-electron chi connectivity index (χ3n) is 9.12. The van der Waals surface area contributed by atoms with Gasteiger partial charge < -0.3 is 34.8 Å². The van der Waals surface area contributed by atoms with Crippen LogP contribution in [0.25, 0.3) is 11.4 Å². The smallest absolute Gasteiger partial charge is 0.323 e. The number of piperidine rings is 1. The molecule has 0 bridgehead atoms. The lowest BCUT2D eigenvalue weighted by Gasteiger charge is -2.35. The molecular formula is C34H44N8O4. The molecule has 46 heavy (non-hydrogen) atoms. The fourth-order valence-electron chi connectivity index (χ4n) is 6.26. The summed E-state index contributed by atoms with van der Waals surface area (Å²) in [5, 5.41) is 5.74. The Morgan fingerprint density at radius 1 is 0.804 bits per heavy atom. The first-order chi connectivity index (χ1) is 22.3. The van der Waals surface area contributed by atoms with Crippen molar-refractivity contribution in [1.29, 1.82) is 0 Å². The molecule has 0 aliphatic carbocycles. The van der Waals surface area contributed by atoms with E-state index in [1.165, 1.54) is 0 Å².